The molecule has 0 aliphatic carbocycles. The van der Waals surface area contributed by atoms with Crippen LogP contribution in [0.25, 0.3) is 0 Å². The van der Waals surface area contributed by atoms with Crippen molar-refractivity contribution in [2.45, 2.75) is 6.54 Å². The van der Waals surface area contributed by atoms with Gasteiger partial charge in [0, 0.05) is 26.7 Å². The highest BCUT2D eigenvalue weighted by Gasteiger charge is 2.04. The first-order valence-electron chi connectivity index (χ1n) is 6.21. The number of hydrogen-bond donors (Lipinski definition) is 1. The summed E-state index contributed by atoms with van der Waals surface area (Å²) in [6, 6.07) is 14.0. The molecule has 0 aliphatic rings. The molecule has 0 heterocycles. The highest BCUT2D eigenvalue weighted by molar-refractivity contribution is 9.11. The molecule has 0 bridgehead atoms. The Morgan fingerprint density at radius 1 is 1.15 bits per heavy atom. The van der Waals surface area contributed by atoms with E-state index in [1.54, 1.807) is 6.08 Å². The van der Waals surface area contributed by atoms with Gasteiger partial charge in [-0.1, -0.05) is 46.8 Å². The summed E-state index contributed by atoms with van der Waals surface area (Å²) in [4.78, 5) is 0. The van der Waals surface area contributed by atoms with Crippen LogP contribution < -0.4 is 10.1 Å². The topological polar surface area (TPSA) is 21.3 Å². The smallest absolute Gasteiger partial charge is 0.124 e. The number of ether oxygens (including phenoxy) is 1. The lowest BCUT2D eigenvalue weighted by Gasteiger charge is -2.13. The highest BCUT2D eigenvalue weighted by Crippen LogP contribution is 2.27. The fraction of sp³-hybridized carbons (Fsp3) is 0.125. The van der Waals surface area contributed by atoms with Gasteiger partial charge < -0.3 is 10.1 Å². The van der Waals surface area contributed by atoms with Crippen molar-refractivity contribution < 1.29 is 4.74 Å². The number of para-hydroxylation sites is 1. The standard InChI is InChI=1S/C16H15Br2NO/c1-2-9-20-16-6-4-3-5-12(16)11-19-15-10-13(17)7-8-14(15)18/h2-8,10,19H,1,9,11H2. The summed E-state index contributed by atoms with van der Waals surface area (Å²) < 4.78 is 7.72. The minimum atomic E-state index is 0.512. The second kappa shape index (κ2) is 7.50. The Kier molecular flexibility index (Phi) is 5.68. The van der Waals surface area contributed by atoms with E-state index in [4.69, 9.17) is 4.74 Å². The molecule has 0 unspecified atom stereocenters. The fourth-order valence-electron chi connectivity index (χ4n) is 1.76. The maximum atomic E-state index is 5.65. The first kappa shape index (κ1) is 15.1. The zero-order valence-corrected chi connectivity index (χ0v) is 14.1. The lowest BCUT2D eigenvalue weighted by molar-refractivity contribution is 0.359. The predicted molar refractivity (Wildman–Crippen MR) is 91.3 cm³/mol. The quantitative estimate of drug-likeness (QED) is 0.661. The van der Waals surface area contributed by atoms with Gasteiger partial charge in [-0.3, -0.25) is 0 Å². The molecule has 2 aromatic rings. The molecular weight excluding hydrogens is 382 g/mol. The van der Waals surface area contributed by atoms with Crippen molar-refractivity contribution >= 4 is 37.5 Å². The van der Waals surface area contributed by atoms with Gasteiger partial charge in [-0.2, -0.15) is 0 Å². The first-order valence-corrected chi connectivity index (χ1v) is 7.80. The number of nitrogens with one attached hydrogen (secondary N) is 1. The van der Waals surface area contributed by atoms with Crippen LogP contribution in [0.1, 0.15) is 5.56 Å². The van der Waals surface area contributed by atoms with Crippen molar-refractivity contribution in [1.29, 1.82) is 0 Å². The van der Waals surface area contributed by atoms with Gasteiger partial charge in [0.25, 0.3) is 0 Å². The van der Waals surface area contributed by atoms with E-state index in [1.807, 2.05) is 36.4 Å². The summed E-state index contributed by atoms with van der Waals surface area (Å²) in [5, 5.41) is 3.40. The van der Waals surface area contributed by atoms with Crippen LogP contribution in [0.15, 0.2) is 64.1 Å². The molecule has 0 radical (unpaired) electrons. The third-order valence-electron chi connectivity index (χ3n) is 2.73. The summed E-state index contributed by atoms with van der Waals surface area (Å²) >= 11 is 7.01. The van der Waals surface area contributed by atoms with Crippen LogP contribution in [0.5, 0.6) is 5.75 Å². The van der Waals surface area contributed by atoms with Crippen LogP contribution in [0.4, 0.5) is 5.69 Å². The average molecular weight is 397 g/mol. The van der Waals surface area contributed by atoms with Crippen LogP contribution in [-0.2, 0) is 6.54 Å². The Labute approximate surface area is 136 Å². The Bertz CT molecular complexity index is 599. The third-order valence-corrected chi connectivity index (χ3v) is 3.91. The van der Waals surface area contributed by atoms with Crippen LogP contribution in [0.3, 0.4) is 0 Å². The normalized spacial score (nSPS) is 10.1. The molecule has 0 aliphatic heterocycles. The van der Waals surface area contributed by atoms with Crippen molar-refractivity contribution in [3.05, 3.63) is 69.6 Å². The lowest BCUT2D eigenvalue weighted by atomic mass is 10.2. The van der Waals surface area contributed by atoms with E-state index in [-0.39, 0.29) is 0 Å². The number of anilines is 1. The van der Waals surface area contributed by atoms with Crippen LogP contribution in [-0.4, -0.2) is 6.61 Å². The molecule has 0 fully saturated rings. The number of hydrogen-bond acceptors (Lipinski definition) is 2. The van der Waals surface area contributed by atoms with Crippen molar-refractivity contribution in [2.75, 3.05) is 11.9 Å². The van der Waals surface area contributed by atoms with Gasteiger partial charge in [0.15, 0.2) is 0 Å². The molecule has 0 amide bonds. The largest absolute Gasteiger partial charge is 0.489 e. The summed E-state index contributed by atoms with van der Waals surface area (Å²) in [6.07, 6.45) is 1.75. The van der Waals surface area contributed by atoms with Crippen molar-refractivity contribution in [3.8, 4) is 5.75 Å². The molecular formula is C16H15Br2NO. The molecule has 0 saturated carbocycles. The van der Waals surface area contributed by atoms with E-state index < -0.39 is 0 Å². The monoisotopic (exact) mass is 395 g/mol. The minimum absolute atomic E-state index is 0.512. The van der Waals surface area contributed by atoms with E-state index in [2.05, 4.69) is 49.8 Å². The molecule has 0 spiro atoms. The molecule has 1 N–H and O–H groups in total. The summed E-state index contributed by atoms with van der Waals surface area (Å²) in [5.74, 6) is 0.881. The van der Waals surface area contributed by atoms with Crippen LogP contribution in [0.2, 0.25) is 0 Å². The predicted octanol–water partition coefficient (Wildman–Crippen LogP) is 5.39. The average Bonchev–Trinajstić information content (AvgIpc) is 2.47. The van der Waals surface area contributed by atoms with E-state index in [9.17, 15) is 0 Å². The second-order valence-electron chi connectivity index (χ2n) is 4.19. The van der Waals surface area contributed by atoms with Gasteiger partial charge in [-0.25, -0.2) is 0 Å². The Morgan fingerprint density at radius 2 is 1.95 bits per heavy atom. The van der Waals surface area contributed by atoms with Gasteiger partial charge >= 0.3 is 0 Å². The van der Waals surface area contributed by atoms with E-state index in [0.29, 0.717) is 13.2 Å². The molecule has 0 atom stereocenters. The fourth-order valence-corrected chi connectivity index (χ4v) is 2.51. The van der Waals surface area contributed by atoms with Crippen LogP contribution in [0, 0.1) is 0 Å². The highest BCUT2D eigenvalue weighted by atomic mass is 79.9. The van der Waals surface area contributed by atoms with E-state index in [1.165, 1.54) is 0 Å². The van der Waals surface area contributed by atoms with Crippen LogP contribution >= 0.6 is 31.9 Å². The lowest BCUT2D eigenvalue weighted by Crippen LogP contribution is -2.03. The second-order valence-corrected chi connectivity index (χ2v) is 5.96. The van der Waals surface area contributed by atoms with E-state index in [0.717, 1.165) is 25.9 Å². The van der Waals surface area contributed by atoms with Gasteiger partial charge in [-0.15, -0.1) is 0 Å². The Balaban J connectivity index is 2.10. The molecule has 0 saturated heterocycles. The zero-order valence-electron chi connectivity index (χ0n) is 10.9. The van der Waals surface area contributed by atoms with Gasteiger partial charge in [0.05, 0.1) is 0 Å². The van der Waals surface area contributed by atoms with Crippen molar-refractivity contribution in [1.82, 2.24) is 0 Å². The zero-order chi connectivity index (χ0) is 14.4. The van der Waals surface area contributed by atoms with Crippen molar-refractivity contribution in [3.63, 3.8) is 0 Å². The Hall–Kier alpha value is -1.26. The van der Waals surface area contributed by atoms with E-state index >= 15 is 0 Å². The van der Waals surface area contributed by atoms with Gasteiger partial charge in [0.2, 0.25) is 0 Å². The summed E-state index contributed by atoms with van der Waals surface area (Å²) in [6.45, 7) is 4.88. The molecule has 0 aromatic heterocycles. The molecule has 20 heavy (non-hydrogen) atoms. The molecule has 4 heteroatoms. The number of halogens is 2. The van der Waals surface area contributed by atoms with Gasteiger partial charge in [-0.05, 0) is 40.2 Å². The SMILES string of the molecule is C=CCOc1ccccc1CNc1cc(Br)ccc1Br. The summed E-state index contributed by atoms with van der Waals surface area (Å²) in [5.41, 5.74) is 2.15. The summed E-state index contributed by atoms with van der Waals surface area (Å²) in [7, 11) is 0. The first-order chi connectivity index (χ1) is 9.70. The molecule has 2 rings (SSSR count). The molecule has 2 aromatic carbocycles. The third kappa shape index (κ3) is 4.12. The van der Waals surface area contributed by atoms with Gasteiger partial charge in [0.1, 0.15) is 12.4 Å². The molecule has 104 valence electrons. The number of rotatable bonds is 6. The maximum Gasteiger partial charge on any atom is 0.124 e. The number of benzene rings is 2. The Morgan fingerprint density at radius 3 is 2.75 bits per heavy atom. The molecule has 2 nitrogen and oxygen atoms in total. The maximum absolute atomic E-state index is 5.65. The van der Waals surface area contributed by atoms with Crippen molar-refractivity contribution in [2.24, 2.45) is 0 Å². The minimum Gasteiger partial charge on any atom is -0.489 e.